The molecule has 0 aromatic heterocycles. The fourth-order valence-electron chi connectivity index (χ4n) is 2.15. The van der Waals surface area contributed by atoms with Crippen molar-refractivity contribution in [1.29, 1.82) is 0 Å². The topological polar surface area (TPSA) is 21.3 Å². The van der Waals surface area contributed by atoms with Gasteiger partial charge in [-0.2, -0.15) is 0 Å². The fourth-order valence-corrected chi connectivity index (χ4v) is 2.53. The van der Waals surface area contributed by atoms with Crippen LogP contribution in [0.2, 0.25) is 0 Å². The first-order chi connectivity index (χ1) is 10.3. The molecule has 0 aliphatic heterocycles. The van der Waals surface area contributed by atoms with Gasteiger partial charge in [-0.05, 0) is 48.7 Å². The van der Waals surface area contributed by atoms with E-state index in [2.05, 4.69) is 64.6 Å². The minimum atomic E-state index is 0.747. The molecule has 0 spiro atoms. The molecule has 2 aromatic carbocycles. The Morgan fingerprint density at radius 1 is 1.10 bits per heavy atom. The van der Waals surface area contributed by atoms with E-state index in [-0.39, 0.29) is 0 Å². The molecule has 0 unspecified atom stereocenters. The SMILES string of the molecule is CCNCc1cc(OCCCc2ccccc2)ccc1Br. The lowest BCUT2D eigenvalue weighted by atomic mass is 10.1. The minimum Gasteiger partial charge on any atom is -0.494 e. The molecule has 21 heavy (non-hydrogen) atoms. The molecule has 0 aliphatic carbocycles. The third-order valence-electron chi connectivity index (χ3n) is 3.30. The molecule has 0 amide bonds. The molecule has 0 radical (unpaired) electrons. The zero-order valence-corrected chi connectivity index (χ0v) is 14.0. The van der Waals surface area contributed by atoms with Crippen molar-refractivity contribution < 1.29 is 4.74 Å². The molecule has 0 saturated carbocycles. The van der Waals surface area contributed by atoms with Gasteiger partial charge < -0.3 is 10.1 Å². The maximum Gasteiger partial charge on any atom is 0.119 e. The van der Waals surface area contributed by atoms with E-state index in [1.165, 1.54) is 11.1 Å². The Bertz CT molecular complexity index is 542. The largest absolute Gasteiger partial charge is 0.494 e. The van der Waals surface area contributed by atoms with Crippen LogP contribution < -0.4 is 10.1 Å². The lowest BCUT2D eigenvalue weighted by molar-refractivity contribution is 0.310. The van der Waals surface area contributed by atoms with Crippen LogP contribution in [-0.2, 0) is 13.0 Å². The summed E-state index contributed by atoms with van der Waals surface area (Å²) in [7, 11) is 0. The predicted molar refractivity (Wildman–Crippen MR) is 91.8 cm³/mol. The Kier molecular flexibility index (Phi) is 6.77. The summed E-state index contributed by atoms with van der Waals surface area (Å²) in [6.45, 7) is 4.68. The van der Waals surface area contributed by atoms with Crippen LogP contribution in [0.5, 0.6) is 5.75 Å². The summed E-state index contributed by atoms with van der Waals surface area (Å²) >= 11 is 3.58. The first-order valence-corrected chi connectivity index (χ1v) is 8.24. The smallest absolute Gasteiger partial charge is 0.119 e. The van der Waals surface area contributed by atoms with Crippen LogP contribution in [-0.4, -0.2) is 13.2 Å². The summed E-state index contributed by atoms with van der Waals surface area (Å²) in [5.41, 5.74) is 2.60. The molecule has 0 saturated heterocycles. The third-order valence-corrected chi connectivity index (χ3v) is 4.08. The maximum atomic E-state index is 5.85. The van der Waals surface area contributed by atoms with Gasteiger partial charge >= 0.3 is 0 Å². The number of hydrogen-bond donors (Lipinski definition) is 1. The molecule has 1 N–H and O–H groups in total. The number of aryl methyl sites for hydroxylation is 1. The van der Waals surface area contributed by atoms with Crippen molar-refractivity contribution >= 4 is 15.9 Å². The fraction of sp³-hybridized carbons (Fsp3) is 0.333. The van der Waals surface area contributed by atoms with E-state index >= 15 is 0 Å². The van der Waals surface area contributed by atoms with Crippen molar-refractivity contribution in [2.45, 2.75) is 26.3 Å². The van der Waals surface area contributed by atoms with Crippen LogP contribution in [0.4, 0.5) is 0 Å². The van der Waals surface area contributed by atoms with E-state index in [0.717, 1.165) is 42.8 Å². The first-order valence-electron chi connectivity index (χ1n) is 7.45. The molecule has 112 valence electrons. The molecule has 0 atom stereocenters. The van der Waals surface area contributed by atoms with E-state index in [9.17, 15) is 0 Å². The van der Waals surface area contributed by atoms with Crippen LogP contribution in [0.15, 0.2) is 53.0 Å². The lowest BCUT2D eigenvalue weighted by Crippen LogP contribution is -2.12. The van der Waals surface area contributed by atoms with Crippen LogP contribution in [0.3, 0.4) is 0 Å². The van der Waals surface area contributed by atoms with Gasteiger partial charge in [-0.15, -0.1) is 0 Å². The van der Waals surface area contributed by atoms with Gasteiger partial charge in [-0.3, -0.25) is 0 Å². The number of hydrogen-bond acceptors (Lipinski definition) is 2. The second kappa shape index (κ2) is 8.85. The highest BCUT2D eigenvalue weighted by atomic mass is 79.9. The standard InChI is InChI=1S/C18H22BrNO/c1-2-20-14-16-13-17(10-11-18(16)19)21-12-6-9-15-7-4-3-5-8-15/h3-5,7-8,10-11,13,20H,2,6,9,12,14H2,1H3. The highest BCUT2D eigenvalue weighted by Gasteiger charge is 2.02. The Hall–Kier alpha value is -1.32. The number of nitrogens with one attached hydrogen (secondary N) is 1. The highest BCUT2D eigenvalue weighted by molar-refractivity contribution is 9.10. The Morgan fingerprint density at radius 2 is 1.90 bits per heavy atom. The van der Waals surface area contributed by atoms with Crippen molar-refractivity contribution in [3.8, 4) is 5.75 Å². The van der Waals surface area contributed by atoms with Crippen molar-refractivity contribution in [2.75, 3.05) is 13.2 Å². The molecule has 3 heteroatoms. The van der Waals surface area contributed by atoms with Gasteiger partial charge in [0.1, 0.15) is 5.75 Å². The summed E-state index contributed by atoms with van der Waals surface area (Å²) in [5, 5.41) is 3.34. The van der Waals surface area contributed by atoms with Gasteiger partial charge in [0.25, 0.3) is 0 Å². The Morgan fingerprint density at radius 3 is 2.67 bits per heavy atom. The van der Waals surface area contributed by atoms with Gasteiger partial charge in [-0.1, -0.05) is 53.2 Å². The summed E-state index contributed by atoms with van der Waals surface area (Å²) in [4.78, 5) is 0. The Labute approximate surface area is 135 Å². The second-order valence-electron chi connectivity index (χ2n) is 4.97. The molecule has 0 fully saturated rings. The van der Waals surface area contributed by atoms with Crippen LogP contribution >= 0.6 is 15.9 Å². The molecule has 0 aliphatic rings. The average Bonchev–Trinajstić information content (AvgIpc) is 2.52. The van der Waals surface area contributed by atoms with Gasteiger partial charge in [0.2, 0.25) is 0 Å². The molecule has 2 nitrogen and oxygen atoms in total. The second-order valence-corrected chi connectivity index (χ2v) is 5.83. The zero-order chi connectivity index (χ0) is 14.9. The number of rotatable bonds is 8. The van der Waals surface area contributed by atoms with E-state index in [0.29, 0.717) is 0 Å². The van der Waals surface area contributed by atoms with Crippen LogP contribution in [0, 0.1) is 0 Å². The van der Waals surface area contributed by atoms with Gasteiger partial charge in [0.05, 0.1) is 6.61 Å². The monoisotopic (exact) mass is 347 g/mol. The van der Waals surface area contributed by atoms with Gasteiger partial charge in [0, 0.05) is 11.0 Å². The number of benzene rings is 2. The van der Waals surface area contributed by atoms with Crippen molar-refractivity contribution in [3.05, 3.63) is 64.1 Å². The molecule has 2 rings (SSSR count). The van der Waals surface area contributed by atoms with Crippen molar-refractivity contribution in [2.24, 2.45) is 0 Å². The molecule has 2 aromatic rings. The minimum absolute atomic E-state index is 0.747. The number of ether oxygens (including phenoxy) is 1. The van der Waals surface area contributed by atoms with Crippen molar-refractivity contribution in [1.82, 2.24) is 5.32 Å². The van der Waals surface area contributed by atoms with E-state index in [4.69, 9.17) is 4.74 Å². The maximum absolute atomic E-state index is 5.85. The van der Waals surface area contributed by atoms with Gasteiger partial charge in [0.15, 0.2) is 0 Å². The quantitative estimate of drug-likeness (QED) is 0.706. The zero-order valence-electron chi connectivity index (χ0n) is 12.4. The third kappa shape index (κ3) is 5.52. The lowest BCUT2D eigenvalue weighted by Gasteiger charge is -2.10. The van der Waals surface area contributed by atoms with E-state index in [1.807, 2.05) is 12.1 Å². The molecular weight excluding hydrogens is 326 g/mol. The van der Waals surface area contributed by atoms with Gasteiger partial charge in [-0.25, -0.2) is 0 Å². The summed E-state index contributed by atoms with van der Waals surface area (Å²) in [6.07, 6.45) is 2.09. The van der Waals surface area contributed by atoms with E-state index < -0.39 is 0 Å². The molecule has 0 heterocycles. The predicted octanol–water partition coefficient (Wildman–Crippen LogP) is 4.57. The normalized spacial score (nSPS) is 10.6. The van der Waals surface area contributed by atoms with Crippen LogP contribution in [0.25, 0.3) is 0 Å². The average molecular weight is 348 g/mol. The summed E-state index contributed by atoms with van der Waals surface area (Å²) in [6, 6.07) is 16.7. The van der Waals surface area contributed by atoms with E-state index in [1.54, 1.807) is 0 Å². The first kappa shape index (κ1) is 16.1. The van der Waals surface area contributed by atoms with Crippen LogP contribution in [0.1, 0.15) is 24.5 Å². The molecular formula is C18H22BrNO. The molecule has 0 bridgehead atoms. The summed E-state index contributed by atoms with van der Waals surface area (Å²) < 4.78 is 6.98. The van der Waals surface area contributed by atoms with Crippen molar-refractivity contribution in [3.63, 3.8) is 0 Å². The highest BCUT2D eigenvalue weighted by Crippen LogP contribution is 2.22. The summed E-state index contributed by atoms with van der Waals surface area (Å²) in [5.74, 6) is 0.944. The number of halogens is 1. The Balaban J connectivity index is 1.80.